The minimum Gasteiger partial charge on any atom is -0.314 e. The summed E-state index contributed by atoms with van der Waals surface area (Å²) in [5, 5.41) is 0. The van der Waals surface area contributed by atoms with E-state index in [0.29, 0.717) is 0 Å². The molecule has 4 aromatic carbocycles. The lowest BCUT2D eigenvalue weighted by Crippen LogP contribution is -2.19. The van der Waals surface area contributed by atoms with Crippen LogP contribution in [0.1, 0.15) is 63.8 Å². The van der Waals surface area contributed by atoms with E-state index in [1.807, 2.05) is 25.2 Å². The number of fused-ring (bicyclic) bond motifs is 6. The Morgan fingerprint density at radius 3 is 1.44 bits per heavy atom. The monoisotopic (exact) mass is 535 g/mol. The molecule has 6 rings (SSSR count). The maximum absolute atomic E-state index is 3.98. The molecule has 0 atom stereocenters. The summed E-state index contributed by atoms with van der Waals surface area (Å²) in [7, 11) is 0. The summed E-state index contributed by atoms with van der Waals surface area (Å²) >= 11 is 0. The lowest BCUT2D eigenvalue weighted by Gasteiger charge is -2.30. The van der Waals surface area contributed by atoms with Crippen molar-refractivity contribution in [2.75, 3.05) is 4.90 Å². The molecule has 4 aromatic rings. The highest BCUT2D eigenvalue weighted by atomic mass is 15.1. The third kappa shape index (κ3) is 4.70. The fourth-order valence-corrected chi connectivity index (χ4v) is 6.60. The Kier molecular flexibility index (Phi) is 7.49. The zero-order valence-electron chi connectivity index (χ0n) is 25.3. The quantitative estimate of drug-likeness (QED) is 0.230. The number of benzene rings is 4. The molecule has 0 bridgehead atoms. The summed E-state index contributed by atoms with van der Waals surface area (Å²) in [5.41, 5.74) is 14.4. The summed E-state index contributed by atoms with van der Waals surface area (Å²) in [6.07, 6.45) is 9.55. The number of allylic oxidation sites excluding steroid dienone is 6. The molecule has 206 valence electrons. The maximum atomic E-state index is 3.98. The predicted octanol–water partition coefficient (Wildman–Crippen LogP) is 11.3. The number of anilines is 2. The second kappa shape index (κ2) is 10.9. The van der Waals surface area contributed by atoms with Crippen LogP contribution in [0, 0.1) is 0 Å². The fourth-order valence-electron chi connectivity index (χ4n) is 6.60. The van der Waals surface area contributed by atoms with E-state index >= 15 is 0 Å². The van der Waals surface area contributed by atoms with Crippen molar-refractivity contribution in [3.63, 3.8) is 0 Å². The van der Waals surface area contributed by atoms with Crippen molar-refractivity contribution in [2.45, 2.75) is 52.4 Å². The van der Waals surface area contributed by atoms with Crippen LogP contribution in [-0.2, 0) is 10.8 Å². The first-order valence-corrected chi connectivity index (χ1v) is 14.5. The summed E-state index contributed by atoms with van der Waals surface area (Å²) < 4.78 is 0. The van der Waals surface area contributed by atoms with Gasteiger partial charge in [-0.1, -0.05) is 126 Å². The molecular weight excluding hydrogens is 494 g/mol. The Morgan fingerprint density at radius 2 is 1.05 bits per heavy atom. The van der Waals surface area contributed by atoms with Gasteiger partial charge in [0, 0.05) is 27.9 Å². The van der Waals surface area contributed by atoms with E-state index in [1.165, 1.54) is 55.9 Å². The number of hydrogen-bond donors (Lipinski definition) is 0. The molecule has 0 aliphatic heterocycles. The van der Waals surface area contributed by atoms with Crippen molar-refractivity contribution in [1.82, 2.24) is 0 Å². The summed E-state index contributed by atoms with van der Waals surface area (Å²) in [5.74, 6) is 0. The Bertz CT molecular complexity index is 1580. The first-order chi connectivity index (χ1) is 19.7. The van der Waals surface area contributed by atoms with E-state index in [-0.39, 0.29) is 10.8 Å². The van der Waals surface area contributed by atoms with Crippen LogP contribution in [0.15, 0.2) is 134 Å². The molecule has 2 aliphatic rings. The maximum Gasteiger partial charge on any atom is 0.0461 e. The third-order valence-corrected chi connectivity index (χ3v) is 8.69. The second-order valence-corrected chi connectivity index (χ2v) is 11.9. The first-order valence-electron chi connectivity index (χ1n) is 14.5. The van der Waals surface area contributed by atoms with E-state index in [1.54, 1.807) is 6.08 Å². The van der Waals surface area contributed by atoms with Crippen LogP contribution in [0.4, 0.5) is 11.4 Å². The van der Waals surface area contributed by atoms with Gasteiger partial charge in [-0.05, 0) is 88.7 Å². The van der Waals surface area contributed by atoms with Gasteiger partial charge in [-0.3, -0.25) is 0 Å². The molecule has 0 fully saturated rings. The van der Waals surface area contributed by atoms with E-state index in [9.17, 15) is 0 Å². The average molecular weight is 536 g/mol. The zero-order valence-corrected chi connectivity index (χ0v) is 25.3. The van der Waals surface area contributed by atoms with Gasteiger partial charge in [0.15, 0.2) is 0 Å². The van der Waals surface area contributed by atoms with Gasteiger partial charge in [0.2, 0.25) is 0 Å². The molecular formula is C40H41N. The fraction of sp³-hybridized carbons (Fsp3) is 0.200. The van der Waals surface area contributed by atoms with Gasteiger partial charge in [-0.2, -0.15) is 0 Å². The summed E-state index contributed by atoms with van der Waals surface area (Å²) in [6, 6.07) is 31.6. The van der Waals surface area contributed by atoms with Gasteiger partial charge in [-0.15, -0.1) is 0 Å². The molecule has 2 aliphatic carbocycles. The van der Waals surface area contributed by atoms with Gasteiger partial charge in [0.1, 0.15) is 0 Å². The lowest BCUT2D eigenvalue weighted by molar-refractivity contribution is 0.660. The normalized spacial score (nSPS) is 15.2. The molecule has 0 radical (unpaired) electrons. The SMILES string of the molecule is C=C/C=C(\C)N(c1ccc2c(c1)C(C)(C)c1ccccc1-2)c1ccc2c(c1)C(C)(C)c1ccccc1-2.C=C/C=C\C. The minimum absolute atomic E-state index is 0.0365. The van der Waals surface area contributed by atoms with E-state index in [0.717, 1.165) is 5.70 Å². The first kappa shape index (κ1) is 28.2. The zero-order chi connectivity index (χ0) is 29.4. The summed E-state index contributed by atoms with van der Waals surface area (Å²) in [4.78, 5) is 2.38. The van der Waals surface area contributed by atoms with Crippen molar-refractivity contribution in [3.8, 4) is 22.3 Å². The van der Waals surface area contributed by atoms with Gasteiger partial charge in [-0.25, -0.2) is 0 Å². The topological polar surface area (TPSA) is 3.24 Å². The van der Waals surface area contributed by atoms with Gasteiger partial charge in [0.05, 0.1) is 0 Å². The van der Waals surface area contributed by atoms with Crippen LogP contribution in [0.3, 0.4) is 0 Å². The molecule has 1 heteroatoms. The molecule has 0 heterocycles. The van der Waals surface area contributed by atoms with Crippen molar-refractivity contribution >= 4 is 11.4 Å². The van der Waals surface area contributed by atoms with Crippen molar-refractivity contribution < 1.29 is 0 Å². The van der Waals surface area contributed by atoms with Gasteiger partial charge in [0.25, 0.3) is 0 Å². The number of rotatable bonds is 5. The Balaban J connectivity index is 0.000000623. The lowest BCUT2D eigenvalue weighted by atomic mass is 9.82. The summed E-state index contributed by atoms with van der Waals surface area (Å²) in [6.45, 7) is 20.9. The van der Waals surface area contributed by atoms with Crippen LogP contribution >= 0.6 is 0 Å². The van der Waals surface area contributed by atoms with E-state index in [2.05, 4.69) is 144 Å². The largest absolute Gasteiger partial charge is 0.314 e. The highest BCUT2D eigenvalue weighted by Gasteiger charge is 2.37. The van der Waals surface area contributed by atoms with Crippen LogP contribution in [-0.4, -0.2) is 0 Å². The average Bonchev–Trinajstić information content (AvgIpc) is 3.34. The van der Waals surface area contributed by atoms with Crippen LogP contribution in [0.5, 0.6) is 0 Å². The van der Waals surface area contributed by atoms with E-state index in [4.69, 9.17) is 0 Å². The predicted molar refractivity (Wildman–Crippen MR) is 179 cm³/mol. The molecule has 0 N–H and O–H groups in total. The van der Waals surface area contributed by atoms with Crippen LogP contribution in [0.25, 0.3) is 22.3 Å². The molecule has 1 nitrogen and oxygen atoms in total. The van der Waals surface area contributed by atoms with E-state index < -0.39 is 0 Å². The Labute approximate surface area is 246 Å². The molecule has 0 saturated carbocycles. The second-order valence-electron chi connectivity index (χ2n) is 11.9. The van der Waals surface area contributed by atoms with Crippen molar-refractivity contribution in [1.29, 1.82) is 0 Å². The van der Waals surface area contributed by atoms with Crippen molar-refractivity contribution in [2.24, 2.45) is 0 Å². The molecule has 41 heavy (non-hydrogen) atoms. The Morgan fingerprint density at radius 1 is 0.610 bits per heavy atom. The number of hydrogen-bond acceptors (Lipinski definition) is 1. The standard InChI is InChI=1S/C35H33N.C5H8/c1-7-12-23(2)36(24-17-19-28-26-13-8-10-15-30(26)34(3,4)32(28)21-24)25-18-20-29-27-14-9-11-16-31(27)35(5,6)33(29)22-25;1-3-5-4-2/h7-22H,1H2,2-6H3;3-5H,1H2,2H3/b23-12+;5-4-. The highest BCUT2D eigenvalue weighted by molar-refractivity contribution is 5.86. The van der Waals surface area contributed by atoms with Gasteiger partial charge < -0.3 is 4.90 Å². The minimum atomic E-state index is -0.0365. The highest BCUT2D eigenvalue weighted by Crippen LogP contribution is 2.52. The van der Waals surface area contributed by atoms with Crippen molar-refractivity contribution in [3.05, 3.63) is 156 Å². The number of nitrogens with zero attached hydrogens (tertiary/aromatic N) is 1. The van der Waals surface area contributed by atoms with Crippen LogP contribution in [0.2, 0.25) is 0 Å². The smallest absolute Gasteiger partial charge is 0.0461 e. The van der Waals surface area contributed by atoms with Crippen LogP contribution < -0.4 is 4.90 Å². The molecule has 0 saturated heterocycles. The Hall–Kier alpha value is -4.36. The molecule has 0 aromatic heterocycles. The molecule has 0 amide bonds. The molecule has 0 unspecified atom stereocenters. The van der Waals surface area contributed by atoms with Gasteiger partial charge >= 0.3 is 0 Å². The third-order valence-electron chi connectivity index (χ3n) is 8.69. The molecule has 0 spiro atoms.